The molecule has 3 rings (SSSR count). The molecule has 2 fully saturated rings. The van der Waals surface area contributed by atoms with Crippen LogP contribution in [0, 0.1) is 0 Å². The SMILES string of the molecule is CC(C)(C)OC(=O)N(c1ncc(B2OC(C)(C)C(C)(C)O2)cn1)C1CC1. The van der Waals surface area contributed by atoms with Crippen LogP contribution in [0.2, 0.25) is 0 Å². The second-order valence-corrected chi connectivity index (χ2v) is 8.99. The smallest absolute Gasteiger partial charge is 0.443 e. The van der Waals surface area contributed by atoms with Crippen molar-refractivity contribution >= 4 is 24.6 Å². The standard InChI is InChI=1S/C18H28BN3O4/c1-16(2,3)24-15(23)22(13-8-9-13)14-20-10-12(11-21-14)19-25-17(4,5)18(6,7)26-19/h10-11,13H,8-9H2,1-7H3. The van der Waals surface area contributed by atoms with Crippen LogP contribution in [0.15, 0.2) is 12.4 Å². The van der Waals surface area contributed by atoms with Crippen molar-refractivity contribution in [1.82, 2.24) is 9.97 Å². The summed E-state index contributed by atoms with van der Waals surface area (Å²) in [4.78, 5) is 22.8. The van der Waals surface area contributed by atoms with Gasteiger partial charge in [0.25, 0.3) is 0 Å². The average Bonchev–Trinajstić information content (AvgIpc) is 3.26. The van der Waals surface area contributed by atoms with Crippen molar-refractivity contribution in [3.8, 4) is 0 Å². The van der Waals surface area contributed by atoms with E-state index in [-0.39, 0.29) is 6.04 Å². The number of ether oxygens (including phenoxy) is 1. The molecule has 2 aliphatic rings. The van der Waals surface area contributed by atoms with Crippen LogP contribution in [0.3, 0.4) is 0 Å². The third kappa shape index (κ3) is 3.86. The fourth-order valence-electron chi connectivity index (χ4n) is 2.59. The van der Waals surface area contributed by atoms with Gasteiger partial charge in [-0.1, -0.05) is 0 Å². The van der Waals surface area contributed by atoms with Crippen LogP contribution in [-0.4, -0.2) is 46.0 Å². The summed E-state index contributed by atoms with van der Waals surface area (Å²) in [5.41, 5.74) is -0.681. The van der Waals surface area contributed by atoms with Gasteiger partial charge in [0.1, 0.15) is 5.60 Å². The van der Waals surface area contributed by atoms with Gasteiger partial charge >= 0.3 is 13.2 Å². The van der Waals surface area contributed by atoms with E-state index in [4.69, 9.17) is 14.0 Å². The van der Waals surface area contributed by atoms with Crippen molar-refractivity contribution in [2.45, 2.75) is 84.2 Å². The van der Waals surface area contributed by atoms with Gasteiger partial charge in [-0.05, 0) is 61.3 Å². The Kier molecular flexibility index (Phi) is 4.56. The Morgan fingerprint density at radius 1 is 1.15 bits per heavy atom. The highest BCUT2D eigenvalue weighted by Crippen LogP contribution is 2.36. The maximum Gasteiger partial charge on any atom is 0.498 e. The molecule has 0 bridgehead atoms. The van der Waals surface area contributed by atoms with E-state index >= 15 is 0 Å². The molecule has 1 saturated carbocycles. The summed E-state index contributed by atoms with van der Waals surface area (Å²) in [5, 5.41) is 0. The Morgan fingerprint density at radius 2 is 1.65 bits per heavy atom. The largest absolute Gasteiger partial charge is 0.498 e. The molecule has 0 atom stereocenters. The molecule has 7 nitrogen and oxygen atoms in total. The topological polar surface area (TPSA) is 73.8 Å². The maximum atomic E-state index is 12.5. The van der Waals surface area contributed by atoms with Crippen LogP contribution < -0.4 is 10.4 Å². The molecule has 8 heteroatoms. The number of rotatable bonds is 3. The minimum atomic E-state index is -0.563. The van der Waals surface area contributed by atoms with Gasteiger partial charge in [-0.3, -0.25) is 0 Å². The van der Waals surface area contributed by atoms with Crippen molar-refractivity contribution in [3.63, 3.8) is 0 Å². The van der Waals surface area contributed by atoms with E-state index in [2.05, 4.69) is 9.97 Å². The predicted molar refractivity (Wildman–Crippen MR) is 99.5 cm³/mol. The van der Waals surface area contributed by atoms with Gasteiger partial charge in [0.2, 0.25) is 5.95 Å². The molecular weight excluding hydrogens is 333 g/mol. The fourth-order valence-corrected chi connectivity index (χ4v) is 2.59. The van der Waals surface area contributed by atoms with Crippen LogP contribution in [0.4, 0.5) is 10.7 Å². The minimum Gasteiger partial charge on any atom is -0.443 e. The molecule has 0 aromatic carbocycles. The average molecular weight is 361 g/mol. The second-order valence-electron chi connectivity index (χ2n) is 8.99. The van der Waals surface area contributed by atoms with Crippen molar-refractivity contribution in [2.24, 2.45) is 0 Å². The molecule has 1 aliphatic heterocycles. The third-order valence-corrected chi connectivity index (χ3v) is 4.90. The van der Waals surface area contributed by atoms with E-state index in [1.54, 1.807) is 17.3 Å². The quantitative estimate of drug-likeness (QED) is 0.771. The van der Waals surface area contributed by atoms with Gasteiger partial charge in [0.15, 0.2) is 0 Å². The number of anilines is 1. The summed E-state index contributed by atoms with van der Waals surface area (Å²) >= 11 is 0. The van der Waals surface area contributed by atoms with Crippen LogP contribution >= 0.6 is 0 Å². The Labute approximate surface area is 155 Å². The third-order valence-electron chi connectivity index (χ3n) is 4.90. The summed E-state index contributed by atoms with van der Waals surface area (Å²) < 4.78 is 17.5. The first-order valence-electron chi connectivity index (χ1n) is 9.09. The molecule has 1 aromatic heterocycles. The molecule has 1 saturated heterocycles. The predicted octanol–water partition coefficient (Wildman–Crippen LogP) is 2.68. The Morgan fingerprint density at radius 3 is 2.08 bits per heavy atom. The first kappa shape index (κ1) is 19.1. The first-order valence-corrected chi connectivity index (χ1v) is 9.09. The lowest BCUT2D eigenvalue weighted by Crippen LogP contribution is -2.41. The highest BCUT2D eigenvalue weighted by atomic mass is 16.7. The number of hydrogen-bond donors (Lipinski definition) is 0. The van der Waals surface area contributed by atoms with Crippen LogP contribution in [0.25, 0.3) is 0 Å². The van der Waals surface area contributed by atoms with Crippen LogP contribution in [0.1, 0.15) is 61.3 Å². The van der Waals surface area contributed by atoms with Gasteiger partial charge in [-0.15, -0.1) is 0 Å². The summed E-state index contributed by atoms with van der Waals surface area (Å²) in [6.45, 7) is 13.5. The summed E-state index contributed by atoms with van der Waals surface area (Å²) in [5.74, 6) is 0.349. The number of amides is 1. The molecule has 0 N–H and O–H groups in total. The molecule has 1 aromatic rings. The van der Waals surface area contributed by atoms with Crippen molar-refractivity contribution in [2.75, 3.05) is 4.90 Å². The highest BCUT2D eigenvalue weighted by molar-refractivity contribution is 6.61. The number of nitrogens with zero attached hydrogens (tertiary/aromatic N) is 3. The van der Waals surface area contributed by atoms with E-state index in [1.807, 2.05) is 48.5 Å². The lowest BCUT2D eigenvalue weighted by Gasteiger charge is -2.32. The lowest BCUT2D eigenvalue weighted by atomic mass is 9.81. The molecule has 0 unspecified atom stereocenters. The zero-order chi connectivity index (χ0) is 19.3. The van der Waals surface area contributed by atoms with E-state index in [1.165, 1.54) is 0 Å². The van der Waals surface area contributed by atoms with E-state index < -0.39 is 30.0 Å². The van der Waals surface area contributed by atoms with E-state index in [9.17, 15) is 4.79 Å². The lowest BCUT2D eigenvalue weighted by molar-refractivity contribution is 0.00578. The van der Waals surface area contributed by atoms with Crippen molar-refractivity contribution < 1.29 is 18.8 Å². The number of carbonyl (C=O) groups is 1. The monoisotopic (exact) mass is 361 g/mol. The van der Waals surface area contributed by atoms with Crippen molar-refractivity contribution in [1.29, 1.82) is 0 Å². The van der Waals surface area contributed by atoms with Crippen LogP contribution in [0.5, 0.6) is 0 Å². The van der Waals surface area contributed by atoms with Crippen LogP contribution in [-0.2, 0) is 14.0 Å². The zero-order valence-electron chi connectivity index (χ0n) is 16.7. The van der Waals surface area contributed by atoms with Gasteiger partial charge in [-0.2, -0.15) is 0 Å². The number of aromatic nitrogens is 2. The minimum absolute atomic E-state index is 0.104. The molecule has 0 radical (unpaired) electrons. The number of carbonyl (C=O) groups excluding carboxylic acids is 1. The Balaban J connectivity index is 1.77. The van der Waals surface area contributed by atoms with Gasteiger partial charge in [0.05, 0.1) is 11.2 Å². The second kappa shape index (κ2) is 6.20. The van der Waals surface area contributed by atoms with Gasteiger partial charge < -0.3 is 14.0 Å². The fraction of sp³-hybridized carbons (Fsp3) is 0.722. The van der Waals surface area contributed by atoms with Crippen molar-refractivity contribution in [3.05, 3.63) is 12.4 Å². The summed E-state index contributed by atoms with van der Waals surface area (Å²) in [6.07, 6.45) is 4.76. The first-order chi connectivity index (χ1) is 11.9. The molecule has 0 spiro atoms. The molecule has 142 valence electrons. The highest BCUT2D eigenvalue weighted by Gasteiger charge is 2.52. The Bertz CT molecular complexity index is 665. The normalized spacial score (nSPS) is 21.6. The van der Waals surface area contributed by atoms with Gasteiger partial charge in [-0.25, -0.2) is 19.7 Å². The zero-order valence-corrected chi connectivity index (χ0v) is 16.7. The van der Waals surface area contributed by atoms with E-state index in [0.717, 1.165) is 18.3 Å². The Hall–Kier alpha value is -1.67. The van der Waals surface area contributed by atoms with Gasteiger partial charge in [0, 0.05) is 23.9 Å². The van der Waals surface area contributed by atoms with E-state index in [0.29, 0.717) is 5.95 Å². The molecule has 1 aliphatic carbocycles. The summed E-state index contributed by atoms with van der Waals surface area (Å²) in [6, 6.07) is 0.104. The number of hydrogen-bond acceptors (Lipinski definition) is 6. The maximum absolute atomic E-state index is 12.5. The molecular formula is C18H28BN3O4. The molecule has 2 heterocycles. The molecule has 26 heavy (non-hydrogen) atoms. The molecule has 1 amide bonds. The summed E-state index contributed by atoms with van der Waals surface area (Å²) in [7, 11) is -0.523.